The highest BCUT2D eigenvalue weighted by atomic mass is 127. The first kappa shape index (κ1) is 14.2. The molecule has 17 heavy (non-hydrogen) atoms. The Morgan fingerprint density at radius 1 is 1.65 bits per heavy atom. The second-order valence-corrected chi connectivity index (χ2v) is 5.14. The monoisotopic (exact) mass is 364 g/mol. The molecule has 1 aromatic carbocycles. The molecular weight excluding hydrogens is 351 g/mol. The summed E-state index contributed by atoms with van der Waals surface area (Å²) in [6, 6.07) is 4.41. The van der Waals surface area contributed by atoms with Gasteiger partial charge in [-0.3, -0.25) is 4.79 Å². The molecular formula is C11H13IN2O2S. The van der Waals surface area contributed by atoms with E-state index in [9.17, 15) is 9.90 Å². The molecule has 1 unspecified atom stereocenters. The van der Waals surface area contributed by atoms with Crippen LogP contribution in [0.25, 0.3) is 0 Å². The van der Waals surface area contributed by atoms with Crippen LogP contribution in [-0.2, 0) is 0 Å². The number of hydrogen-bond acceptors (Lipinski definition) is 3. The molecule has 1 amide bonds. The molecule has 0 aliphatic carbocycles. The van der Waals surface area contributed by atoms with Crippen molar-refractivity contribution in [2.75, 3.05) is 0 Å². The third kappa shape index (κ3) is 3.81. The zero-order chi connectivity index (χ0) is 13.0. The number of halogens is 1. The van der Waals surface area contributed by atoms with Crippen molar-refractivity contribution in [3.63, 3.8) is 0 Å². The highest BCUT2D eigenvalue weighted by Crippen LogP contribution is 2.20. The van der Waals surface area contributed by atoms with Crippen LogP contribution in [0.1, 0.15) is 23.7 Å². The molecule has 0 spiro atoms. The predicted octanol–water partition coefficient (Wildman–Crippen LogP) is 1.79. The van der Waals surface area contributed by atoms with E-state index in [-0.39, 0.29) is 22.7 Å². The third-order valence-electron chi connectivity index (χ3n) is 2.27. The van der Waals surface area contributed by atoms with Crippen LogP contribution < -0.4 is 11.1 Å². The van der Waals surface area contributed by atoms with Gasteiger partial charge < -0.3 is 16.2 Å². The number of phenolic OH excluding ortho intramolecular Hbond substituents is 1. The summed E-state index contributed by atoms with van der Waals surface area (Å²) >= 11 is 6.83. The summed E-state index contributed by atoms with van der Waals surface area (Å²) in [7, 11) is 0. The van der Waals surface area contributed by atoms with Gasteiger partial charge in [0.2, 0.25) is 0 Å². The number of hydrogen-bond donors (Lipinski definition) is 3. The van der Waals surface area contributed by atoms with Crippen LogP contribution in [0, 0.1) is 3.57 Å². The second kappa shape index (κ2) is 6.15. The van der Waals surface area contributed by atoms with Crippen molar-refractivity contribution >= 4 is 45.7 Å². The molecule has 1 aromatic rings. The highest BCUT2D eigenvalue weighted by Gasteiger charge is 2.15. The van der Waals surface area contributed by atoms with Crippen LogP contribution in [0.2, 0.25) is 0 Å². The Morgan fingerprint density at radius 3 is 2.76 bits per heavy atom. The lowest BCUT2D eigenvalue weighted by Crippen LogP contribution is -2.42. The first-order valence-electron chi connectivity index (χ1n) is 5.04. The molecule has 0 radical (unpaired) electrons. The van der Waals surface area contributed by atoms with E-state index in [1.807, 2.05) is 29.5 Å². The standard InChI is InChI=1S/C11H13IN2O2S/c1-2-8(10(13)17)14-11(16)6-3-4-7(12)9(15)5-6/h3-5,8,15H,2H2,1H3,(H2,13,17)(H,14,16). The third-order valence-corrected chi connectivity index (χ3v) is 3.46. The molecule has 0 aromatic heterocycles. The van der Waals surface area contributed by atoms with Gasteiger partial charge in [0.1, 0.15) is 5.75 Å². The quantitative estimate of drug-likeness (QED) is 0.563. The van der Waals surface area contributed by atoms with E-state index in [1.54, 1.807) is 12.1 Å². The van der Waals surface area contributed by atoms with Crippen LogP contribution in [0.5, 0.6) is 5.75 Å². The molecule has 0 fully saturated rings. The lowest BCUT2D eigenvalue weighted by Gasteiger charge is -2.15. The van der Waals surface area contributed by atoms with Crippen molar-refractivity contribution in [1.82, 2.24) is 5.32 Å². The second-order valence-electron chi connectivity index (χ2n) is 3.50. The number of benzene rings is 1. The molecule has 1 rings (SSSR count). The summed E-state index contributed by atoms with van der Waals surface area (Å²) < 4.78 is 0.695. The largest absolute Gasteiger partial charge is 0.507 e. The van der Waals surface area contributed by atoms with E-state index in [0.717, 1.165) is 0 Å². The number of nitrogens with one attached hydrogen (secondary N) is 1. The van der Waals surface area contributed by atoms with Crippen molar-refractivity contribution in [2.24, 2.45) is 5.73 Å². The first-order valence-corrected chi connectivity index (χ1v) is 6.53. The molecule has 4 nitrogen and oxygen atoms in total. The number of nitrogens with two attached hydrogens (primary N) is 1. The fourth-order valence-corrected chi connectivity index (χ4v) is 1.83. The predicted molar refractivity (Wildman–Crippen MR) is 79.2 cm³/mol. The average molecular weight is 364 g/mol. The average Bonchev–Trinajstić information content (AvgIpc) is 2.28. The molecule has 0 aliphatic heterocycles. The number of phenols is 1. The van der Waals surface area contributed by atoms with Gasteiger partial charge >= 0.3 is 0 Å². The van der Waals surface area contributed by atoms with Gasteiger partial charge in [-0.25, -0.2) is 0 Å². The number of rotatable bonds is 4. The summed E-state index contributed by atoms with van der Waals surface area (Å²) in [5.74, 6) is -0.210. The minimum absolute atomic E-state index is 0.0848. The Balaban J connectivity index is 2.82. The molecule has 0 saturated heterocycles. The lowest BCUT2D eigenvalue weighted by atomic mass is 10.1. The molecule has 0 saturated carbocycles. The van der Waals surface area contributed by atoms with E-state index >= 15 is 0 Å². The van der Waals surface area contributed by atoms with E-state index < -0.39 is 0 Å². The van der Waals surface area contributed by atoms with Gasteiger partial charge in [0, 0.05) is 5.56 Å². The smallest absolute Gasteiger partial charge is 0.251 e. The molecule has 1 atom stereocenters. The minimum Gasteiger partial charge on any atom is -0.507 e. The fraction of sp³-hybridized carbons (Fsp3) is 0.273. The zero-order valence-electron chi connectivity index (χ0n) is 9.24. The Labute approximate surface area is 119 Å². The van der Waals surface area contributed by atoms with Crippen molar-refractivity contribution in [2.45, 2.75) is 19.4 Å². The Hall–Kier alpha value is -0.890. The van der Waals surface area contributed by atoms with Crippen molar-refractivity contribution < 1.29 is 9.90 Å². The summed E-state index contributed by atoms with van der Waals surface area (Å²) in [5, 5.41) is 12.2. The Bertz CT molecular complexity index is 451. The van der Waals surface area contributed by atoms with Gasteiger partial charge in [-0.2, -0.15) is 0 Å². The Morgan fingerprint density at radius 2 is 2.29 bits per heavy atom. The maximum absolute atomic E-state index is 11.8. The molecule has 4 N–H and O–H groups in total. The number of thiocarbonyl (C=S) groups is 1. The van der Waals surface area contributed by atoms with Crippen LogP contribution in [0.15, 0.2) is 18.2 Å². The minimum atomic E-state index is -0.320. The van der Waals surface area contributed by atoms with Crippen LogP contribution in [0.4, 0.5) is 0 Å². The van der Waals surface area contributed by atoms with Gasteiger partial charge in [-0.1, -0.05) is 19.1 Å². The van der Waals surface area contributed by atoms with E-state index in [4.69, 9.17) is 18.0 Å². The number of aromatic hydroxyl groups is 1. The van der Waals surface area contributed by atoms with Crippen LogP contribution in [-0.4, -0.2) is 22.0 Å². The van der Waals surface area contributed by atoms with Gasteiger partial charge in [0.05, 0.1) is 14.6 Å². The maximum atomic E-state index is 11.8. The highest BCUT2D eigenvalue weighted by molar-refractivity contribution is 14.1. The summed E-state index contributed by atoms with van der Waals surface area (Å²) in [5.41, 5.74) is 5.88. The van der Waals surface area contributed by atoms with Crippen molar-refractivity contribution in [3.8, 4) is 5.75 Å². The molecule has 0 heterocycles. The number of carbonyl (C=O) groups is 1. The SMILES string of the molecule is CCC(NC(=O)c1ccc(I)c(O)c1)C(N)=S. The molecule has 0 bridgehead atoms. The maximum Gasteiger partial charge on any atom is 0.251 e. The van der Waals surface area contributed by atoms with Crippen molar-refractivity contribution in [1.29, 1.82) is 0 Å². The summed E-state index contributed by atoms with van der Waals surface area (Å²) in [6.07, 6.45) is 0.636. The molecule has 92 valence electrons. The molecule has 0 aliphatic rings. The fourth-order valence-electron chi connectivity index (χ4n) is 1.27. The first-order chi connectivity index (χ1) is 7.95. The topological polar surface area (TPSA) is 75.3 Å². The molecule has 6 heteroatoms. The summed E-state index contributed by atoms with van der Waals surface area (Å²) in [6.45, 7) is 1.88. The van der Waals surface area contributed by atoms with Gasteiger partial charge in [0.25, 0.3) is 5.91 Å². The van der Waals surface area contributed by atoms with Crippen molar-refractivity contribution in [3.05, 3.63) is 27.3 Å². The zero-order valence-corrected chi connectivity index (χ0v) is 12.2. The number of amides is 1. The number of carbonyl (C=O) groups excluding carboxylic acids is 1. The summed E-state index contributed by atoms with van der Waals surface area (Å²) in [4.78, 5) is 12.1. The van der Waals surface area contributed by atoms with Crippen LogP contribution in [0.3, 0.4) is 0 Å². The lowest BCUT2D eigenvalue weighted by molar-refractivity contribution is 0.0946. The van der Waals surface area contributed by atoms with Crippen LogP contribution >= 0.6 is 34.8 Å². The van der Waals surface area contributed by atoms with Gasteiger partial charge in [0.15, 0.2) is 0 Å². The normalized spacial score (nSPS) is 11.9. The van der Waals surface area contributed by atoms with E-state index in [0.29, 0.717) is 15.6 Å². The van der Waals surface area contributed by atoms with E-state index in [1.165, 1.54) is 6.07 Å². The van der Waals surface area contributed by atoms with Gasteiger partial charge in [-0.05, 0) is 47.2 Å². The Kier molecular flexibility index (Phi) is 5.13. The van der Waals surface area contributed by atoms with Gasteiger partial charge in [-0.15, -0.1) is 0 Å². The van der Waals surface area contributed by atoms with E-state index in [2.05, 4.69) is 5.32 Å².